The van der Waals surface area contributed by atoms with Crippen LogP contribution >= 0.6 is 0 Å². The van der Waals surface area contributed by atoms with E-state index in [-0.39, 0.29) is 0 Å². The minimum absolute atomic E-state index is 0.684. The van der Waals surface area contributed by atoms with Gasteiger partial charge < -0.3 is 20.3 Å². The van der Waals surface area contributed by atoms with Crippen LogP contribution in [0, 0.1) is 6.92 Å². The van der Waals surface area contributed by atoms with Gasteiger partial charge in [0.25, 0.3) is 0 Å². The van der Waals surface area contributed by atoms with Crippen molar-refractivity contribution in [2.75, 3.05) is 34.3 Å². The molecule has 5 heteroatoms. The van der Waals surface area contributed by atoms with Crippen molar-refractivity contribution in [2.24, 2.45) is 4.99 Å². The molecule has 0 heterocycles. The van der Waals surface area contributed by atoms with Gasteiger partial charge in [-0.2, -0.15) is 0 Å². The first kappa shape index (κ1) is 19.8. The van der Waals surface area contributed by atoms with Gasteiger partial charge in [0.1, 0.15) is 12.4 Å². The van der Waals surface area contributed by atoms with E-state index in [2.05, 4.69) is 63.8 Å². The summed E-state index contributed by atoms with van der Waals surface area (Å²) in [5.74, 6) is 1.68. The van der Waals surface area contributed by atoms with Gasteiger partial charge in [0.2, 0.25) is 0 Å². The molecule has 0 unspecified atom stereocenters. The highest BCUT2D eigenvalue weighted by atomic mass is 16.5. The van der Waals surface area contributed by atoms with Crippen LogP contribution in [0.15, 0.2) is 53.5 Å². The molecule has 26 heavy (non-hydrogen) atoms. The maximum atomic E-state index is 5.79. The third-order valence-electron chi connectivity index (χ3n) is 3.97. The van der Waals surface area contributed by atoms with Gasteiger partial charge in [-0.3, -0.25) is 4.99 Å². The topological polar surface area (TPSA) is 48.9 Å². The fraction of sp³-hybridized carbons (Fsp3) is 0.381. The van der Waals surface area contributed by atoms with E-state index < -0.39 is 0 Å². The summed E-state index contributed by atoms with van der Waals surface area (Å²) >= 11 is 0. The van der Waals surface area contributed by atoms with Gasteiger partial charge in [-0.25, -0.2) is 0 Å². The molecule has 0 aliphatic heterocycles. The van der Waals surface area contributed by atoms with Gasteiger partial charge in [-0.15, -0.1) is 0 Å². The Balaban J connectivity index is 1.81. The number of ether oxygens (including phenoxy) is 1. The number of likely N-dealkylation sites (N-methyl/N-ethyl adjacent to an activating group) is 1. The molecule has 2 N–H and O–H groups in total. The zero-order valence-corrected chi connectivity index (χ0v) is 16.2. The average molecular weight is 354 g/mol. The molecule has 0 spiro atoms. The second-order valence-electron chi connectivity index (χ2n) is 6.56. The molecule has 0 amide bonds. The first-order valence-electron chi connectivity index (χ1n) is 8.93. The minimum Gasteiger partial charge on any atom is -0.492 e. The van der Waals surface area contributed by atoms with E-state index in [9.17, 15) is 0 Å². The van der Waals surface area contributed by atoms with Gasteiger partial charge >= 0.3 is 0 Å². The Morgan fingerprint density at radius 2 is 1.69 bits per heavy atom. The lowest BCUT2D eigenvalue weighted by Gasteiger charge is -2.14. The normalized spacial score (nSPS) is 11.5. The van der Waals surface area contributed by atoms with Gasteiger partial charge in [0.05, 0.1) is 0 Å². The Labute approximate surface area is 157 Å². The molecule has 0 aliphatic rings. The van der Waals surface area contributed by atoms with Crippen LogP contribution in [-0.2, 0) is 13.1 Å². The van der Waals surface area contributed by atoms with Crippen molar-refractivity contribution in [3.8, 4) is 5.75 Å². The van der Waals surface area contributed by atoms with Crippen molar-refractivity contribution < 1.29 is 4.74 Å². The fourth-order valence-electron chi connectivity index (χ4n) is 2.39. The summed E-state index contributed by atoms with van der Waals surface area (Å²) in [6.45, 7) is 5.11. The molecule has 2 rings (SSSR count). The number of hydrogen-bond donors (Lipinski definition) is 2. The maximum Gasteiger partial charge on any atom is 0.191 e. The summed E-state index contributed by atoms with van der Waals surface area (Å²) in [7, 11) is 5.86. The number of nitrogens with zero attached hydrogens (tertiary/aromatic N) is 2. The van der Waals surface area contributed by atoms with Crippen LogP contribution in [0.1, 0.15) is 16.7 Å². The molecule has 140 valence electrons. The number of aliphatic imine (C=N–C) groups is 1. The minimum atomic E-state index is 0.684. The number of guanidine groups is 1. The quantitative estimate of drug-likeness (QED) is 0.565. The standard InChI is InChI=1S/C21H30N4O/c1-17-8-10-18(11-9-17)15-23-21(22-2)24-16-19-6-5-7-20(14-19)26-13-12-25(3)4/h5-11,14H,12-13,15-16H2,1-4H3,(H2,22,23,24). The van der Waals surface area contributed by atoms with Crippen LogP contribution in [0.2, 0.25) is 0 Å². The lowest BCUT2D eigenvalue weighted by molar-refractivity contribution is 0.261. The number of hydrogen-bond acceptors (Lipinski definition) is 3. The van der Waals surface area contributed by atoms with E-state index in [1.165, 1.54) is 11.1 Å². The highest BCUT2D eigenvalue weighted by molar-refractivity contribution is 5.79. The number of nitrogens with one attached hydrogen (secondary N) is 2. The molecule has 0 saturated carbocycles. The van der Waals surface area contributed by atoms with E-state index >= 15 is 0 Å². The van der Waals surface area contributed by atoms with E-state index in [0.717, 1.165) is 30.4 Å². The van der Waals surface area contributed by atoms with E-state index in [4.69, 9.17) is 4.74 Å². The van der Waals surface area contributed by atoms with Crippen LogP contribution in [0.25, 0.3) is 0 Å². The highest BCUT2D eigenvalue weighted by Gasteiger charge is 2.01. The molecule has 0 atom stereocenters. The first-order valence-corrected chi connectivity index (χ1v) is 8.93. The van der Waals surface area contributed by atoms with Crippen molar-refractivity contribution in [1.82, 2.24) is 15.5 Å². The van der Waals surface area contributed by atoms with Gasteiger partial charge in [0, 0.05) is 26.7 Å². The largest absolute Gasteiger partial charge is 0.492 e. The molecule has 0 aromatic heterocycles. The second kappa shape index (κ2) is 10.5. The molecule has 2 aromatic carbocycles. The molecular formula is C21H30N4O. The third-order valence-corrected chi connectivity index (χ3v) is 3.97. The Kier molecular flexibility index (Phi) is 7.96. The summed E-state index contributed by atoms with van der Waals surface area (Å²) in [5.41, 5.74) is 3.66. The molecule has 2 aromatic rings. The molecule has 0 bridgehead atoms. The summed E-state index contributed by atoms with van der Waals surface area (Å²) in [5, 5.41) is 6.68. The highest BCUT2D eigenvalue weighted by Crippen LogP contribution is 2.13. The first-order chi connectivity index (χ1) is 12.6. The van der Waals surface area contributed by atoms with Gasteiger partial charge in [0.15, 0.2) is 5.96 Å². The smallest absolute Gasteiger partial charge is 0.191 e. The van der Waals surface area contributed by atoms with Crippen molar-refractivity contribution in [1.29, 1.82) is 0 Å². The van der Waals surface area contributed by atoms with Gasteiger partial charge in [-0.05, 0) is 44.3 Å². The third kappa shape index (κ3) is 7.15. The van der Waals surface area contributed by atoms with Crippen LogP contribution in [0.4, 0.5) is 0 Å². The summed E-state index contributed by atoms with van der Waals surface area (Å²) in [6, 6.07) is 16.7. The number of aryl methyl sites for hydroxylation is 1. The van der Waals surface area contributed by atoms with E-state index in [1.807, 2.05) is 26.2 Å². The van der Waals surface area contributed by atoms with Crippen LogP contribution in [-0.4, -0.2) is 45.2 Å². The monoisotopic (exact) mass is 354 g/mol. The van der Waals surface area contributed by atoms with Crippen molar-refractivity contribution in [2.45, 2.75) is 20.0 Å². The molecular weight excluding hydrogens is 324 g/mol. The van der Waals surface area contributed by atoms with E-state index in [0.29, 0.717) is 13.2 Å². The van der Waals surface area contributed by atoms with Crippen LogP contribution in [0.5, 0.6) is 5.75 Å². The SMILES string of the molecule is CN=C(NCc1ccc(C)cc1)NCc1cccc(OCCN(C)C)c1. The van der Waals surface area contributed by atoms with Crippen LogP contribution < -0.4 is 15.4 Å². The fourth-order valence-corrected chi connectivity index (χ4v) is 2.39. The molecule has 0 aliphatic carbocycles. The molecule has 5 nitrogen and oxygen atoms in total. The van der Waals surface area contributed by atoms with Gasteiger partial charge in [-0.1, -0.05) is 42.0 Å². The van der Waals surface area contributed by atoms with Crippen molar-refractivity contribution >= 4 is 5.96 Å². The lowest BCUT2D eigenvalue weighted by atomic mass is 10.1. The predicted molar refractivity (Wildman–Crippen MR) is 109 cm³/mol. The second-order valence-corrected chi connectivity index (χ2v) is 6.56. The predicted octanol–water partition coefficient (Wildman–Crippen LogP) is 2.80. The van der Waals surface area contributed by atoms with Crippen molar-refractivity contribution in [3.05, 3.63) is 65.2 Å². The Bertz CT molecular complexity index is 695. The zero-order chi connectivity index (χ0) is 18.8. The van der Waals surface area contributed by atoms with Crippen LogP contribution in [0.3, 0.4) is 0 Å². The summed E-state index contributed by atoms with van der Waals surface area (Å²) < 4.78 is 5.79. The Morgan fingerprint density at radius 1 is 1.00 bits per heavy atom. The Hall–Kier alpha value is -2.53. The summed E-state index contributed by atoms with van der Waals surface area (Å²) in [6.07, 6.45) is 0. The zero-order valence-electron chi connectivity index (χ0n) is 16.2. The average Bonchev–Trinajstić information content (AvgIpc) is 2.63. The van der Waals surface area contributed by atoms with E-state index in [1.54, 1.807) is 7.05 Å². The van der Waals surface area contributed by atoms with Crippen molar-refractivity contribution in [3.63, 3.8) is 0 Å². The number of benzene rings is 2. The molecule has 0 saturated heterocycles. The Morgan fingerprint density at radius 3 is 2.35 bits per heavy atom. The maximum absolute atomic E-state index is 5.79. The molecule has 0 fully saturated rings. The number of rotatable bonds is 8. The lowest BCUT2D eigenvalue weighted by Crippen LogP contribution is -2.36. The molecule has 0 radical (unpaired) electrons. The summed E-state index contributed by atoms with van der Waals surface area (Å²) in [4.78, 5) is 6.39.